The highest BCUT2D eigenvalue weighted by Crippen LogP contribution is 2.51. The van der Waals surface area contributed by atoms with Crippen molar-refractivity contribution in [3.8, 4) is 11.4 Å². The van der Waals surface area contributed by atoms with Gasteiger partial charge in [0.05, 0.1) is 36.4 Å². The van der Waals surface area contributed by atoms with E-state index in [4.69, 9.17) is 4.74 Å². The zero-order valence-corrected chi connectivity index (χ0v) is 19.9. The molecular formula is C24H31N7O3. The number of urea groups is 1. The minimum absolute atomic E-state index is 0.136. The van der Waals surface area contributed by atoms with Crippen molar-refractivity contribution in [1.29, 1.82) is 0 Å². The van der Waals surface area contributed by atoms with Crippen LogP contribution < -0.4 is 5.32 Å². The number of rotatable bonds is 6. The van der Waals surface area contributed by atoms with Gasteiger partial charge >= 0.3 is 12.0 Å². The van der Waals surface area contributed by atoms with Crippen LogP contribution in [0.15, 0.2) is 24.7 Å². The standard InChI is InChI=1S/C24H31N7O3/c1-15(2)14-31-20-9-18(25-11-17(20)12-27-31)22-19(13-26-29-22)28-23(33)30-7-4-16(8-21(32)34-3)10-24(30)5-6-24/h9,11-13,15-16H,4-8,10,14H2,1-3H3,(H,26,29)(H,28,33). The number of nitrogens with one attached hydrogen (secondary N) is 2. The Morgan fingerprint density at radius 2 is 2.12 bits per heavy atom. The molecule has 1 saturated carbocycles. The van der Waals surface area contributed by atoms with E-state index in [2.05, 4.69) is 39.4 Å². The zero-order chi connectivity index (χ0) is 23.9. The van der Waals surface area contributed by atoms with E-state index in [0.717, 1.165) is 43.1 Å². The molecule has 2 N–H and O–H groups in total. The molecule has 1 aliphatic carbocycles. The Morgan fingerprint density at radius 3 is 2.85 bits per heavy atom. The molecule has 1 aliphatic heterocycles. The smallest absolute Gasteiger partial charge is 0.322 e. The third-order valence-corrected chi connectivity index (χ3v) is 6.96. The highest BCUT2D eigenvalue weighted by Gasteiger charge is 2.53. The van der Waals surface area contributed by atoms with Crippen LogP contribution in [-0.2, 0) is 16.1 Å². The Morgan fingerprint density at radius 1 is 1.29 bits per heavy atom. The summed E-state index contributed by atoms with van der Waals surface area (Å²) < 4.78 is 6.82. The summed E-state index contributed by atoms with van der Waals surface area (Å²) in [5, 5.41) is 15.7. The fraction of sp³-hybridized carbons (Fsp3) is 0.542. The Labute approximate surface area is 198 Å². The number of hydrogen-bond donors (Lipinski definition) is 2. The number of H-pyrrole nitrogens is 1. The summed E-state index contributed by atoms with van der Waals surface area (Å²) in [4.78, 5) is 31.5. The zero-order valence-electron chi connectivity index (χ0n) is 19.9. The number of amides is 2. The van der Waals surface area contributed by atoms with Crippen LogP contribution in [0.2, 0.25) is 0 Å². The Balaban J connectivity index is 1.33. The van der Waals surface area contributed by atoms with Gasteiger partial charge in [0.25, 0.3) is 0 Å². The maximum absolute atomic E-state index is 13.3. The van der Waals surface area contributed by atoms with Gasteiger partial charge in [-0.05, 0) is 43.6 Å². The summed E-state index contributed by atoms with van der Waals surface area (Å²) in [5.74, 6) is 0.546. The summed E-state index contributed by atoms with van der Waals surface area (Å²) in [6, 6.07) is 1.84. The van der Waals surface area contributed by atoms with Gasteiger partial charge in [0.15, 0.2) is 0 Å². The SMILES string of the molecule is COC(=O)CC1CCN(C(=O)Nc2cn[nH]c2-c2cc3c(cn2)cnn3CC(C)C)C2(CC2)C1. The average molecular weight is 466 g/mol. The van der Waals surface area contributed by atoms with Gasteiger partial charge < -0.3 is 15.0 Å². The molecule has 10 nitrogen and oxygen atoms in total. The molecular weight excluding hydrogens is 434 g/mol. The van der Waals surface area contributed by atoms with Crippen molar-refractivity contribution in [2.24, 2.45) is 11.8 Å². The van der Waals surface area contributed by atoms with Crippen LogP contribution in [0, 0.1) is 11.8 Å². The third-order valence-electron chi connectivity index (χ3n) is 6.96. The van der Waals surface area contributed by atoms with E-state index >= 15 is 0 Å². The second-order valence-corrected chi connectivity index (χ2v) is 9.95. The third kappa shape index (κ3) is 4.24. The van der Waals surface area contributed by atoms with E-state index in [-0.39, 0.29) is 23.5 Å². The lowest BCUT2D eigenvalue weighted by Gasteiger charge is -2.39. The number of piperidine rings is 1. The molecule has 1 atom stereocenters. The van der Waals surface area contributed by atoms with Gasteiger partial charge in [-0.25, -0.2) is 4.79 Å². The van der Waals surface area contributed by atoms with E-state index in [9.17, 15) is 9.59 Å². The molecule has 2 amide bonds. The van der Waals surface area contributed by atoms with E-state index < -0.39 is 0 Å². The molecule has 4 heterocycles. The second kappa shape index (κ2) is 8.73. The molecule has 1 saturated heterocycles. The van der Waals surface area contributed by atoms with Crippen LogP contribution in [0.1, 0.15) is 46.0 Å². The van der Waals surface area contributed by atoms with Gasteiger partial charge in [0.2, 0.25) is 0 Å². The lowest BCUT2D eigenvalue weighted by atomic mass is 9.87. The van der Waals surface area contributed by atoms with Crippen molar-refractivity contribution in [3.05, 3.63) is 24.7 Å². The van der Waals surface area contributed by atoms with Crippen molar-refractivity contribution in [2.45, 2.75) is 58.0 Å². The molecule has 5 rings (SSSR count). The molecule has 180 valence electrons. The summed E-state index contributed by atoms with van der Waals surface area (Å²) in [7, 11) is 1.42. The molecule has 0 bridgehead atoms. The number of pyridine rings is 1. The highest BCUT2D eigenvalue weighted by molar-refractivity contribution is 5.94. The summed E-state index contributed by atoms with van der Waals surface area (Å²) in [5.41, 5.74) is 2.81. The van der Waals surface area contributed by atoms with Crippen LogP contribution in [-0.4, -0.2) is 61.1 Å². The Kier molecular flexibility index (Phi) is 5.75. The first-order chi connectivity index (χ1) is 16.4. The number of carbonyl (C=O) groups is 2. The summed E-state index contributed by atoms with van der Waals surface area (Å²) in [6.45, 7) is 5.75. The fourth-order valence-electron chi connectivity index (χ4n) is 5.09. The monoisotopic (exact) mass is 465 g/mol. The molecule has 1 spiro atoms. The van der Waals surface area contributed by atoms with Gasteiger partial charge in [-0.15, -0.1) is 0 Å². The molecule has 34 heavy (non-hydrogen) atoms. The lowest BCUT2D eigenvalue weighted by molar-refractivity contribution is -0.142. The van der Waals surface area contributed by atoms with E-state index in [0.29, 0.717) is 36.0 Å². The molecule has 2 aliphatic rings. The summed E-state index contributed by atoms with van der Waals surface area (Å²) in [6.07, 6.45) is 9.22. The van der Waals surface area contributed by atoms with Crippen LogP contribution in [0.5, 0.6) is 0 Å². The minimum Gasteiger partial charge on any atom is -0.469 e. The van der Waals surface area contributed by atoms with Gasteiger partial charge in [0, 0.05) is 36.6 Å². The quantitative estimate of drug-likeness (QED) is 0.535. The van der Waals surface area contributed by atoms with E-state index in [1.54, 1.807) is 12.4 Å². The number of nitrogens with zero attached hydrogens (tertiary/aromatic N) is 5. The average Bonchev–Trinajstić information content (AvgIpc) is 3.23. The van der Waals surface area contributed by atoms with Crippen molar-refractivity contribution in [3.63, 3.8) is 0 Å². The number of carbonyl (C=O) groups excluding carboxylic acids is 2. The van der Waals surface area contributed by atoms with Gasteiger partial charge in [-0.1, -0.05) is 13.8 Å². The number of esters is 1. The number of hydrogen-bond acceptors (Lipinski definition) is 6. The largest absolute Gasteiger partial charge is 0.469 e. The van der Waals surface area contributed by atoms with Crippen molar-refractivity contribution >= 4 is 28.6 Å². The Bertz CT molecular complexity index is 1210. The van der Waals surface area contributed by atoms with Crippen molar-refractivity contribution in [1.82, 2.24) is 29.9 Å². The molecule has 3 aromatic rings. The van der Waals surface area contributed by atoms with Crippen molar-refractivity contribution in [2.75, 3.05) is 19.0 Å². The minimum atomic E-state index is -0.180. The maximum Gasteiger partial charge on any atom is 0.322 e. The van der Waals surface area contributed by atoms with Gasteiger partial charge in [0.1, 0.15) is 5.69 Å². The first-order valence-corrected chi connectivity index (χ1v) is 11.9. The number of aromatic nitrogens is 5. The molecule has 0 aromatic carbocycles. The maximum atomic E-state index is 13.3. The number of anilines is 1. The molecule has 0 radical (unpaired) electrons. The number of aromatic amines is 1. The van der Waals surface area contributed by atoms with Crippen molar-refractivity contribution < 1.29 is 14.3 Å². The molecule has 2 fully saturated rings. The molecule has 3 aromatic heterocycles. The first-order valence-electron chi connectivity index (χ1n) is 11.9. The van der Waals surface area contributed by atoms with Crippen LogP contribution in [0.3, 0.4) is 0 Å². The normalized spacial score (nSPS) is 19.1. The topological polar surface area (TPSA) is 118 Å². The van der Waals surface area contributed by atoms with E-state index in [1.807, 2.05) is 21.8 Å². The highest BCUT2D eigenvalue weighted by atomic mass is 16.5. The number of methoxy groups -OCH3 is 1. The molecule has 1 unspecified atom stereocenters. The summed E-state index contributed by atoms with van der Waals surface area (Å²) >= 11 is 0. The van der Waals surface area contributed by atoms with Crippen LogP contribution in [0.25, 0.3) is 22.3 Å². The van der Waals surface area contributed by atoms with Gasteiger partial charge in [-0.2, -0.15) is 10.2 Å². The predicted octanol–water partition coefficient (Wildman–Crippen LogP) is 3.82. The fourth-order valence-corrected chi connectivity index (χ4v) is 5.09. The Hall–Kier alpha value is -3.43. The first kappa shape index (κ1) is 22.4. The van der Waals surface area contributed by atoms with Gasteiger partial charge in [-0.3, -0.25) is 19.6 Å². The number of fused-ring (bicyclic) bond motifs is 1. The number of likely N-dealkylation sites (tertiary alicyclic amines) is 1. The number of ether oxygens (including phenoxy) is 1. The molecule has 10 heteroatoms. The van der Waals surface area contributed by atoms with E-state index in [1.165, 1.54) is 7.11 Å². The lowest BCUT2D eigenvalue weighted by Crippen LogP contribution is -2.50. The second-order valence-electron chi connectivity index (χ2n) is 9.95. The van der Waals surface area contributed by atoms with Crippen LogP contribution >= 0.6 is 0 Å². The predicted molar refractivity (Wildman–Crippen MR) is 127 cm³/mol. The van der Waals surface area contributed by atoms with Crippen LogP contribution in [0.4, 0.5) is 10.5 Å².